The average molecular weight is 260 g/mol. The van der Waals surface area contributed by atoms with E-state index in [9.17, 15) is 0 Å². The van der Waals surface area contributed by atoms with Gasteiger partial charge >= 0.3 is 0 Å². The molecule has 1 aromatic carbocycles. The molecule has 2 aliphatic rings. The third-order valence-electron chi connectivity index (χ3n) is 3.68. The number of amidine groups is 1. The van der Waals surface area contributed by atoms with Gasteiger partial charge in [0.05, 0.1) is 12.2 Å². The molecule has 0 amide bonds. The van der Waals surface area contributed by atoms with Crippen molar-refractivity contribution in [3.05, 3.63) is 35.4 Å². The molecule has 2 unspecified atom stereocenters. The van der Waals surface area contributed by atoms with Gasteiger partial charge in [0.1, 0.15) is 5.84 Å². The molecule has 0 aliphatic carbocycles. The number of aryl methyl sites for hydroxylation is 1. The fraction of sp³-hybridized carbons (Fsp3) is 0.562. The average Bonchev–Trinajstić information content (AvgIpc) is 2.80. The van der Waals surface area contributed by atoms with Crippen LogP contribution in [0, 0.1) is 12.3 Å². The van der Waals surface area contributed by atoms with E-state index in [1.54, 1.807) is 0 Å². The summed E-state index contributed by atoms with van der Waals surface area (Å²) in [4.78, 5) is 2.16. The lowest BCUT2D eigenvalue weighted by Gasteiger charge is -2.34. The van der Waals surface area contributed by atoms with Crippen molar-refractivity contribution in [3.8, 4) is 0 Å². The lowest BCUT2D eigenvalue weighted by Crippen LogP contribution is -2.45. The summed E-state index contributed by atoms with van der Waals surface area (Å²) in [6.07, 6.45) is 3.00. The molecule has 0 aromatic heterocycles. The first-order chi connectivity index (χ1) is 9.22. The van der Waals surface area contributed by atoms with Crippen LogP contribution in [0.4, 0.5) is 0 Å². The number of likely N-dealkylation sites (tertiary alicyclic amines) is 1. The molecule has 0 radical (unpaired) electrons. The zero-order valence-corrected chi connectivity index (χ0v) is 12.1. The van der Waals surface area contributed by atoms with Crippen molar-refractivity contribution in [3.63, 3.8) is 0 Å². The van der Waals surface area contributed by atoms with Gasteiger partial charge in [-0.2, -0.15) is 0 Å². The van der Waals surface area contributed by atoms with Gasteiger partial charge in [0.15, 0.2) is 0 Å². The number of hydrogen-bond donors (Lipinski definition) is 1. The fourth-order valence-electron chi connectivity index (χ4n) is 2.69. The minimum Gasteiger partial charge on any atom is -0.371 e. The quantitative estimate of drug-likeness (QED) is 0.622. The highest BCUT2D eigenvalue weighted by atomic mass is 16.5. The maximum absolute atomic E-state index is 8.27. The van der Waals surface area contributed by atoms with E-state index in [1.165, 1.54) is 5.56 Å². The van der Waals surface area contributed by atoms with Crippen molar-refractivity contribution in [1.82, 2.24) is 4.90 Å². The highest BCUT2D eigenvalue weighted by Crippen LogP contribution is 2.27. The van der Waals surface area contributed by atoms with Gasteiger partial charge in [0.25, 0.3) is 0 Å². The molecular weight excluding hydrogens is 236 g/mol. The lowest BCUT2D eigenvalue weighted by atomic mass is 10.1. The van der Waals surface area contributed by atoms with Crippen LogP contribution in [0.5, 0.6) is 0 Å². The van der Waals surface area contributed by atoms with Gasteiger partial charge in [-0.15, -0.1) is 0 Å². The van der Waals surface area contributed by atoms with Gasteiger partial charge in [-0.25, -0.2) is 0 Å². The molecule has 2 fully saturated rings. The number of hydrogen-bond acceptors (Lipinski definition) is 2. The fourth-order valence-corrected chi connectivity index (χ4v) is 2.69. The second-order valence-corrected chi connectivity index (χ2v) is 5.08. The first-order valence-electron chi connectivity index (χ1n) is 7.28. The van der Waals surface area contributed by atoms with Crippen LogP contribution in [0.1, 0.15) is 37.8 Å². The molecule has 1 aromatic rings. The number of rotatable bonds is 1. The maximum Gasteiger partial charge on any atom is 0.128 e. The van der Waals surface area contributed by atoms with Gasteiger partial charge < -0.3 is 9.64 Å². The van der Waals surface area contributed by atoms with Crippen molar-refractivity contribution in [1.29, 1.82) is 5.41 Å². The Labute approximate surface area is 116 Å². The molecule has 2 heterocycles. The summed E-state index contributed by atoms with van der Waals surface area (Å²) in [5.74, 6) is 0.644. The van der Waals surface area contributed by atoms with Gasteiger partial charge in [0, 0.05) is 18.7 Å². The van der Waals surface area contributed by atoms with E-state index < -0.39 is 0 Å². The molecule has 2 aliphatic heterocycles. The van der Waals surface area contributed by atoms with E-state index in [0.717, 1.165) is 31.5 Å². The first-order valence-corrected chi connectivity index (χ1v) is 7.28. The molecule has 0 saturated carbocycles. The predicted octanol–water partition coefficient (Wildman–Crippen LogP) is 3.21. The Hall–Kier alpha value is -1.35. The Morgan fingerprint density at radius 3 is 2.16 bits per heavy atom. The number of morpholine rings is 1. The summed E-state index contributed by atoms with van der Waals surface area (Å²) in [5.41, 5.74) is 2.25. The van der Waals surface area contributed by atoms with Crippen LogP contribution < -0.4 is 0 Å². The number of nitrogens with one attached hydrogen (secondary N) is 1. The Kier molecular flexibility index (Phi) is 4.59. The molecule has 2 atom stereocenters. The highest BCUT2D eigenvalue weighted by Gasteiger charge is 2.34. The minimum atomic E-state index is 0.347. The largest absolute Gasteiger partial charge is 0.371 e. The molecule has 19 heavy (non-hydrogen) atoms. The zero-order valence-electron chi connectivity index (χ0n) is 12.1. The monoisotopic (exact) mass is 260 g/mol. The molecule has 2 saturated heterocycles. The van der Waals surface area contributed by atoms with E-state index in [0.29, 0.717) is 18.0 Å². The lowest BCUT2D eigenvalue weighted by molar-refractivity contribution is -0.0157. The Bertz CT molecular complexity index is 415. The number of ether oxygens (including phenoxy) is 1. The zero-order chi connectivity index (χ0) is 13.8. The highest BCUT2D eigenvalue weighted by molar-refractivity contribution is 5.96. The van der Waals surface area contributed by atoms with Gasteiger partial charge in [0.2, 0.25) is 0 Å². The third-order valence-corrected chi connectivity index (χ3v) is 3.68. The van der Waals surface area contributed by atoms with E-state index >= 15 is 0 Å². The van der Waals surface area contributed by atoms with E-state index in [-0.39, 0.29) is 0 Å². The maximum atomic E-state index is 8.27. The number of nitrogens with zero attached hydrogens (tertiary/aromatic N) is 1. The SMILES string of the molecule is CC.Cc1ccc(C(=N)N2CC3CCC(C2)O3)cc1. The standard InChI is InChI=1S/C14H18N2O.C2H6/c1-10-2-4-11(5-3-10)14(15)16-8-12-6-7-13(9-16)17-12;1-2/h2-5,12-13,15H,6-9H2,1H3;1-2H3. The van der Waals surface area contributed by atoms with E-state index in [4.69, 9.17) is 10.1 Å². The van der Waals surface area contributed by atoms with E-state index in [1.807, 2.05) is 26.0 Å². The van der Waals surface area contributed by atoms with Crippen LogP contribution in [0.2, 0.25) is 0 Å². The summed E-state index contributed by atoms with van der Waals surface area (Å²) >= 11 is 0. The first kappa shape index (κ1) is 14.1. The molecule has 3 rings (SSSR count). The van der Waals surface area contributed by atoms with Crippen LogP contribution in [0.15, 0.2) is 24.3 Å². The molecule has 3 nitrogen and oxygen atoms in total. The molecule has 3 heteroatoms. The summed E-state index contributed by atoms with van der Waals surface area (Å²) in [6, 6.07) is 8.21. The molecular formula is C16H24N2O. The van der Waals surface area contributed by atoms with Crippen molar-refractivity contribution in [2.45, 2.75) is 45.8 Å². The minimum absolute atomic E-state index is 0.347. The Balaban J connectivity index is 0.000000637. The van der Waals surface area contributed by atoms with Gasteiger partial charge in [-0.05, 0) is 19.8 Å². The Morgan fingerprint density at radius 2 is 1.63 bits per heavy atom. The topological polar surface area (TPSA) is 36.3 Å². The summed E-state index contributed by atoms with van der Waals surface area (Å²) in [7, 11) is 0. The van der Waals surface area contributed by atoms with Gasteiger partial charge in [-0.1, -0.05) is 43.7 Å². The van der Waals surface area contributed by atoms with Gasteiger partial charge in [-0.3, -0.25) is 5.41 Å². The third kappa shape index (κ3) is 3.16. The molecule has 104 valence electrons. The summed E-state index contributed by atoms with van der Waals surface area (Å²) < 4.78 is 5.79. The van der Waals surface area contributed by atoms with E-state index in [2.05, 4.69) is 24.0 Å². The smallest absolute Gasteiger partial charge is 0.128 e. The normalized spacial score (nSPS) is 24.7. The van der Waals surface area contributed by atoms with Crippen LogP contribution in [0.25, 0.3) is 0 Å². The van der Waals surface area contributed by atoms with Crippen LogP contribution in [0.3, 0.4) is 0 Å². The second kappa shape index (κ2) is 6.20. The second-order valence-electron chi connectivity index (χ2n) is 5.08. The Morgan fingerprint density at radius 1 is 1.11 bits per heavy atom. The van der Waals surface area contributed by atoms with Crippen LogP contribution in [-0.2, 0) is 4.74 Å². The number of fused-ring (bicyclic) bond motifs is 2. The molecule has 2 bridgehead atoms. The summed E-state index contributed by atoms with van der Waals surface area (Å²) in [5, 5.41) is 8.27. The molecule has 0 spiro atoms. The van der Waals surface area contributed by atoms with Crippen molar-refractivity contribution < 1.29 is 4.74 Å². The summed E-state index contributed by atoms with van der Waals surface area (Å²) in [6.45, 7) is 7.83. The van der Waals surface area contributed by atoms with Crippen molar-refractivity contribution in [2.75, 3.05) is 13.1 Å². The van der Waals surface area contributed by atoms with Crippen LogP contribution in [-0.4, -0.2) is 36.0 Å². The number of benzene rings is 1. The molecule has 1 N–H and O–H groups in total. The van der Waals surface area contributed by atoms with Crippen LogP contribution >= 0.6 is 0 Å². The van der Waals surface area contributed by atoms with Crippen molar-refractivity contribution in [2.24, 2.45) is 0 Å². The predicted molar refractivity (Wildman–Crippen MR) is 78.8 cm³/mol. The van der Waals surface area contributed by atoms with Crippen molar-refractivity contribution >= 4 is 5.84 Å².